The highest BCUT2D eigenvalue weighted by molar-refractivity contribution is 7.14. The average Bonchev–Trinajstić information content (AvgIpc) is 3.45. The fourth-order valence-corrected chi connectivity index (χ4v) is 3.93. The summed E-state index contributed by atoms with van der Waals surface area (Å²) in [4.78, 5) is 18.2. The monoisotopic (exact) mass is 412 g/mol. The van der Waals surface area contributed by atoms with Gasteiger partial charge in [-0.2, -0.15) is 5.10 Å². The number of nitrogens with zero attached hydrogens (tertiary/aromatic N) is 4. The van der Waals surface area contributed by atoms with Gasteiger partial charge in [0.2, 0.25) is 0 Å². The van der Waals surface area contributed by atoms with E-state index in [4.69, 9.17) is 9.72 Å². The van der Waals surface area contributed by atoms with Crippen LogP contribution in [0.2, 0.25) is 0 Å². The minimum absolute atomic E-state index is 0.0462. The Kier molecular flexibility index (Phi) is 5.77. The van der Waals surface area contributed by atoms with E-state index in [1.54, 1.807) is 16.2 Å². The van der Waals surface area contributed by atoms with E-state index in [0.717, 1.165) is 40.0 Å². The minimum atomic E-state index is -0.0462. The molecule has 3 heterocycles. The van der Waals surface area contributed by atoms with Crippen LogP contribution in [-0.2, 0) is 11.3 Å². The lowest BCUT2D eigenvalue weighted by Crippen LogP contribution is -2.27. The van der Waals surface area contributed by atoms with E-state index in [2.05, 4.69) is 15.7 Å². The number of carbonyl (C=O) groups excluding carboxylic acids is 1. The summed E-state index contributed by atoms with van der Waals surface area (Å²) in [5, 5.41) is 13.4. The molecule has 3 aromatic rings. The number of nitrogens with one attached hydrogen (secondary N) is 2. The van der Waals surface area contributed by atoms with Gasteiger partial charge in [-0.15, -0.1) is 11.3 Å². The Morgan fingerprint density at radius 2 is 2.14 bits per heavy atom. The number of ether oxygens (including phenoxy) is 1. The second-order valence-electron chi connectivity index (χ2n) is 6.66. The molecule has 29 heavy (non-hydrogen) atoms. The van der Waals surface area contributed by atoms with Gasteiger partial charge >= 0.3 is 6.03 Å². The van der Waals surface area contributed by atoms with Crippen LogP contribution in [-0.4, -0.2) is 47.1 Å². The highest BCUT2D eigenvalue weighted by Gasteiger charge is 2.21. The van der Waals surface area contributed by atoms with Gasteiger partial charge in [-0.1, -0.05) is 12.1 Å². The second-order valence-corrected chi connectivity index (χ2v) is 7.52. The van der Waals surface area contributed by atoms with Crippen LogP contribution in [0.15, 0.2) is 35.8 Å². The lowest BCUT2D eigenvalue weighted by atomic mass is 10.1. The standard InChI is InChI=1S/C20H24N6O2S/c1-3-28-11-10-26-14(2)17(12-22-26)23-19-24-18(13-29-19)15-4-6-16(7-5-15)25-9-8-21-20(25)27/h4-7,12-13H,3,8-11H2,1-2H3,(H,21,27)(H,23,24). The molecule has 0 spiro atoms. The summed E-state index contributed by atoms with van der Waals surface area (Å²) >= 11 is 1.55. The minimum Gasteiger partial charge on any atom is -0.380 e. The molecular formula is C20H24N6O2S. The Hall–Kier alpha value is -2.91. The Labute approximate surface area is 173 Å². The largest absolute Gasteiger partial charge is 0.380 e. The summed E-state index contributed by atoms with van der Waals surface area (Å²) in [6.45, 7) is 7.48. The SMILES string of the molecule is CCOCCn1ncc(Nc2nc(-c3ccc(N4CCNC4=O)cc3)cs2)c1C. The molecule has 4 rings (SSSR count). The van der Waals surface area contributed by atoms with Gasteiger partial charge in [0.1, 0.15) is 0 Å². The first-order chi connectivity index (χ1) is 14.2. The fraction of sp³-hybridized carbons (Fsp3) is 0.350. The number of amides is 2. The van der Waals surface area contributed by atoms with Gasteiger partial charge in [0.05, 0.1) is 36.4 Å². The molecule has 2 N–H and O–H groups in total. The Bertz CT molecular complexity index is 981. The summed E-state index contributed by atoms with van der Waals surface area (Å²) in [7, 11) is 0. The number of carbonyl (C=O) groups is 1. The van der Waals surface area contributed by atoms with E-state index < -0.39 is 0 Å². The molecule has 0 bridgehead atoms. The lowest BCUT2D eigenvalue weighted by molar-refractivity contribution is 0.136. The molecule has 8 nitrogen and oxygen atoms in total. The molecule has 2 aromatic heterocycles. The van der Waals surface area contributed by atoms with E-state index in [9.17, 15) is 4.79 Å². The van der Waals surface area contributed by atoms with Crippen LogP contribution in [0, 0.1) is 6.92 Å². The van der Waals surface area contributed by atoms with E-state index in [-0.39, 0.29) is 6.03 Å². The molecule has 0 atom stereocenters. The van der Waals surface area contributed by atoms with Gasteiger partial charge in [-0.05, 0) is 26.0 Å². The van der Waals surface area contributed by atoms with Crippen molar-refractivity contribution in [2.45, 2.75) is 20.4 Å². The Balaban J connectivity index is 1.43. The number of hydrogen-bond acceptors (Lipinski definition) is 6. The van der Waals surface area contributed by atoms with Crippen LogP contribution in [0.1, 0.15) is 12.6 Å². The van der Waals surface area contributed by atoms with Crippen LogP contribution in [0.4, 0.5) is 21.3 Å². The Morgan fingerprint density at radius 3 is 2.86 bits per heavy atom. The highest BCUT2D eigenvalue weighted by Crippen LogP contribution is 2.29. The van der Waals surface area contributed by atoms with Gasteiger partial charge in [0, 0.05) is 36.3 Å². The molecule has 1 aromatic carbocycles. The quantitative estimate of drug-likeness (QED) is 0.552. The first-order valence-corrected chi connectivity index (χ1v) is 10.5. The third-order valence-electron chi connectivity index (χ3n) is 4.83. The molecule has 2 amide bonds. The highest BCUT2D eigenvalue weighted by atomic mass is 32.1. The molecular weight excluding hydrogens is 388 g/mol. The summed E-state index contributed by atoms with van der Waals surface area (Å²) in [5.41, 5.74) is 4.80. The number of aromatic nitrogens is 3. The zero-order valence-electron chi connectivity index (χ0n) is 16.5. The van der Waals surface area contributed by atoms with Gasteiger partial charge in [-0.25, -0.2) is 9.78 Å². The van der Waals surface area contributed by atoms with Crippen molar-refractivity contribution in [1.29, 1.82) is 0 Å². The predicted octanol–water partition coefficient (Wildman–Crippen LogP) is 3.62. The van der Waals surface area contributed by atoms with E-state index >= 15 is 0 Å². The lowest BCUT2D eigenvalue weighted by Gasteiger charge is -2.14. The Morgan fingerprint density at radius 1 is 1.31 bits per heavy atom. The summed E-state index contributed by atoms with van der Waals surface area (Å²) in [6.07, 6.45) is 1.82. The molecule has 1 fully saturated rings. The van der Waals surface area contributed by atoms with Crippen LogP contribution >= 0.6 is 11.3 Å². The number of thiazole rings is 1. The van der Waals surface area contributed by atoms with Crippen molar-refractivity contribution in [3.63, 3.8) is 0 Å². The maximum Gasteiger partial charge on any atom is 0.321 e. The van der Waals surface area contributed by atoms with Crippen LogP contribution in [0.3, 0.4) is 0 Å². The molecule has 0 aliphatic carbocycles. The topological polar surface area (TPSA) is 84.3 Å². The normalized spacial score (nSPS) is 13.7. The fourth-order valence-electron chi connectivity index (χ4n) is 3.20. The molecule has 0 radical (unpaired) electrons. The zero-order valence-corrected chi connectivity index (χ0v) is 17.3. The molecule has 0 unspecified atom stereocenters. The number of benzene rings is 1. The van der Waals surface area contributed by atoms with Crippen molar-refractivity contribution in [3.05, 3.63) is 41.5 Å². The van der Waals surface area contributed by atoms with Crippen molar-refractivity contribution >= 4 is 33.9 Å². The number of hydrogen-bond donors (Lipinski definition) is 2. The molecule has 152 valence electrons. The van der Waals surface area contributed by atoms with Gasteiger partial charge < -0.3 is 15.4 Å². The predicted molar refractivity (Wildman–Crippen MR) is 115 cm³/mol. The van der Waals surface area contributed by atoms with Crippen LogP contribution < -0.4 is 15.5 Å². The number of rotatable bonds is 8. The second kappa shape index (κ2) is 8.62. The van der Waals surface area contributed by atoms with Crippen molar-refractivity contribution in [2.75, 3.05) is 36.5 Å². The third-order valence-corrected chi connectivity index (χ3v) is 5.59. The van der Waals surface area contributed by atoms with Gasteiger partial charge in [0.25, 0.3) is 0 Å². The van der Waals surface area contributed by atoms with Gasteiger partial charge in [0.15, 0.2) is 5.13 Å². The summed E-state index contributed by atoms with van der Waals surface area (Å²) in [6, 6.07) is 7.86. The van der Waals surface area contributed by atoms with Gasteiger partial charge in [-0.3, -0.25) is 9.58 Å². The molecule has 9 heteroatoms. The molecule has 0 saturated carbocycles. The number of anilines is 3. The maximum absolute atomic E-state index is 11.8. The molecule has 1 aliphatic heterocycles. The third kappa shape index (κ3) is 4.25. The maximum atomic E-state index is 11.8. The summed E-state index contributed by atoms with van der Waals surface area (Å²) in [5.74, 6) is 0. The zero-order chi connectivity index (χ0) is 20.2. The van der Waals surface area contributed by atoms with E-state index in [1.807, 2.05) is 54.4 Å². The number of urea groups is 1. The summed E-state index contributed by atoms with van der Waals surface area (Å²) < 4.78 is 7.33. The van der Waals surface area contributed by atoms with Crippen LogP contribution in [0.25, 0.3) is 11.3 Å². The van der Waals surface area contributed by atoms with E-state index in [1.165, 1.54) is 0 Å². The van der Waals surface area contributed by atoms with Crippen molar-refractivity contribution < 1.29 is 9.53 Å². The molecule has 1 aliphatic rings. The van der Waals surface area contributed by atoms with Crippen molar-refractivity contribution in [1.82, 2.24) is 20.1 Å². The first kappa shape index (κ1) is 19.4. The van der Waals surface area contributed by atoms with Crippen molar-refractivity contribution in [2.24, 2.45) is 0 Å². The van der Waals surface area contributed by atoms with E-state index in [0.29, 0.717) is 26.3 Å². The van der Waals surface area contributed by atoms with Crippen molar-refractivity contribution in [3.8, 4) is 11.3 Å². The van der Waals surface area contributed by atoms with Crippen LogP contribution in [0.5, 0.6) is 0 Å². The smallest absolute Gasteiger partial charge is 0.321 e. The average molecular weight is 413 g/mol. The first-order valence-electron chi connectivity index (χ1n) is 9.64. The molecule has 1 saturated heterocycles.